The summed E-state index contributed by atoms with van der Waals surface area (Å²) >= 11 is 4.14. The van der Waals surface area contributed by atoms with Crippen molar-refractivity contribution in [2.45, 2.75) is 13.3 Å². The Labute approximate surface area is 66.1 Å². The molecule has 0 N–H and O–H groups in total. The third-order valence-electron chi connectivity index (χ3n) is 0.796. The normalized spacial score (nSPS) is 9.30. The Kier molecular flexibility index (Phi) is 6.53. The Hall–Kier alpha value is -0.350. The van der Waals surface area contributed by atoms with Gasteiger partial charge in [-0.15, -0.1) is 0 Å². The minimum Gasteiger partial charge on any atom is -0.452 e. The van der Waals surface area contributed by atoms with Crippen LogP contribution < -0.4 is 0 Å². The zero-order valence-electron chi connectivity index (χ0n) is 5.96. The quantitative estimate of drug-likeness (QED) is 0.457. The van der Waals surface area contributed by atoms with Gasteiger partial charge in [0.05, 0.1) is 6.61 Å². The maximum absolute atomic E-state index is 10.0. The van der Waals surface area contributed by atoms with Gasteiger partial charge in [-0.3, -0.25) is 0 Å². The molecule has 3 nitrogen and oxygen atoms in total. The molecule has 0 aromatic heterocycles. The lowest BCUT2D eigenvalue weighted by Gasteiger charge is -2.00. The molecule has 0 heterocycles. The van der Waals surface area contributed by atoms with E-state index in [1.54, 1.807) is 0 Å². The van der Waals surface area contributed by atoms with Gasteiger partial charge < -0.3 is 9.47 Å². The molecule has 0 aromatic rings. The lowest BCUT2D eigenvalue weighted by Crippen LogP contribution is -2.05. The molecule has 0 bridgehead atoms. The zero-order valence-corrected chi connectivity index (χ0v) is 6.78. The van der Waals surface area contributed by atoms with Crippen molar-refractivity contribution in [2.75, 3.05) is 19.8 Å². The van der Waals surface area contributed by atoms with Crippen molar-refractivity contribution < 1.29 is 14.3 Å². The number of hydrogen-bond donors (Lipinski definition) is 0. The van der Waals surface area contributed by atoms with Gasteiger partial charge in [0.2, 0.25) is 0 Å². The molecule has 0 fully saturated rings. The standard InChI is InChI=1S/C6H11O3S/c1-2-3-8-4-5-9-6(7)10/h2-5H2,1H3. The van der Waals surface area contributed by atoms with E-state index in [-0.39, 0.29) is 6.61 Å². The van der Waals surface area contributed by atoms with Gasteiger partial charge in [0, 0.05) is 19.2 Å². The van der Waals surface area contributed by atoms with Crippen LogP contribution in [0.4, 0.5) is 4.79 Å². The van der Waals surface area contributed by atoms with Crippen LogP contribution in [0.1, 0.15) is 13.3 Å². The van der Waals surface area contributed by atoms with Gasteiger partial charge in [-0.25, -0.2) is 4.79 Å². The molecule has 0 amide bonds. The Balaban J connectivity index is 2.84. The van der Waals surface area contributed by atoms with E-state index in [9.17, 15) is 4.79 Å². The van der Waals surface area contributed by atoms with Crippen molar-refractivity contribution >= 4 is 17.9 Å². The number of hydrogen-bond acceptors (Lipinski definition) is 3. The maximum atomic E-state index is 10.0. The molecule has 0 unspecified atom stereocenters. The summed E-state index contributed by atoms with van der Waals surface area (Å²) in [4.78, 5) is 10.0. The van der Waals surface area contributed by atoms with E-state index in [2.05, 4.69) is 17.4 Å². The van der Waals surface area contributed by atoms with Crippen LogP contribution in [-0.2, 0) is 9.47 Å². The number of carbonyl (C=O) groups is 1. The zero-order chi connectivity index (χ0) is 7.82. The lowest BCUT2D eigenvalue weighted by atomic mass is 10.5. The highest BCUT2D eigenvalue weighted by molar-refractivity contribution is 7.96. The summed E-state index contributed by atoms with van der Waals surface area (Å²) in [6.45, 7) is 3.42. The predicted octanol–water partition coefficient (Wildman–Crippen LogP) is 1.75. The molecule has 0 saturated heterocycles. The first kappa shape index (κ1) is 9.65. The van der Waals surface area contributed by atoms with Crippen LogP contribution in [0.3, 0.4) is 0 Å². The second-order valence-corrected chi connectivity index (χ2v) is 2.04. The van der Waals surface area contributed by atoms with Gasteiger partial charge in [0.15, 0.2) is 0 Å². The average molecular weight is 163 g/mol. The van der Waals surface area contributed by atoms with Crippen molar-refractivity contribution in [1.29, 1.82) is 0 Å². The van der Waals surface area contributed by atoms with Crippen LogP contribution in [0.5, 0.6) is 0 Å². The van der Waals surface area contributed by atoms with Crippen LogP contribution in [-0.4, -0.2) is 25.1 Å². The third-order valence-corrected chi connectivity index (χ3v) is 0.914. The molecule has 0 atom stereocenters. The molecule has 4 heteroatoms. The topological polar surface area (TPSA) is 35.5 Å². The van der Waals surface area contributed by atoms with Crippen LogP contribution in [0.2, 0.25) is 0 Å². The smallest absolute Gasteiger partial charge is 0.400 e. The van der Waals surface area contributed by atoms with Gasteiger partial charge >= 0.3 is 5.30 Å². The number of ether oxygens (including phenoxy) is 2. The highest BCUT2D eigenvalue weighted by Gasteiger charge is 1.93. The summed E-state index contributed by atoms with van der Waals surface area (Å²) in [6.07, 6.45) is 0.974. The molecular formula is C6H11O3S. The van der Waals surface area contributed by atoms with E-state index in [4.69, 9.17) is 4.74 Å². The summed E-state index contributed by atoms with van der Waals surface area (Å²) in [6, 6.07) is 0. The SMILES string of the molecule is CCCOCCOC(=O)[S]. The third kappa shape index (κ3) is 7.65. The van der Waals surface area contributed by atoms with Crippen LogP contribution in [0.15, 0.2) is 0 Å². The summed E-state index contributed by atoms with van der Waals surface area (Å²) in [7, 11) is 0. The molecule has 0 aliphatic rings. The molecule has 0 saturated carbocycles. The Morgan fingerprint density at radius 3 is 2.60 bits per heavy atom. The highest BCUT2D eigenvalue weighted by atomic mass is 32.1. The van der Waals surface area contributed by atoms with Gasteiger partial charge in [0.1, 0.15) is 6.61 Å². The number of carbonyl (C=O) groups excluding carboxylic acids is 1. The summed E-state index contributed by atoms with van der Waals surface area (Å²) < 4.78 is 9.45. The minimum absolute atomic E-state index is 0.266. The van der Waals surface area contributed by atoms with Crippen molar-refractivity contribution in [1.82, 2.24) is 0 Å². The van der Waals surface area contributed by atoms with Crippen molar-refractivity contribution in [2.24, 2.45) is 0 Å². The summed E-state index contributed by atoms with van der Waals surface area (Å²) in [5, 5.41) is -0.667. The molecule has 0 spiro atoms. The monoisotopic (exact) mass is 163 g/mol. The van der Waals surface area contributed by atoms with Gasteiger partial charge in [-0.05, 0) is 6.42 Å². The maximum Gasteiger partial charge on any atom is 0.400 e. The van der Waals surface area contributed by atoms with E-state index in [0.717, 1.165) is 6.42 Å². The first-order valence-electron chi connectivity index (χ1n) is 3.19. The fourth-order valence-electron chi connectivity index (χ4n) is 0.430. The predicted molar refractivity (Wildman–Crippen MR) is 40.0 cm³/mol. The van der Waals surface area contributed by atoms with E-state index in [1.807, 2.05) is 6.92 Å². The number of rotatable bonds is 5. The first-order valence-corrected chi connectivity index (χ1v) is 3.59. The first-order chi connectivity index (χ1) is 4.77. The summed E-state index contributed by atoms with van der Waals surface area (Å²) in [5.74, 6) is 0. The molecule has 1 radical (unpaired) electrons. The van der Waals surface area contributed by atoms with Crippen LogP contribution >= 0.6 is 12.6 Å². The Morgan fingerprint density at radius 1 is 1.40 bits per heavy atom. The molecule has 10 heavy (non-hydrogen) atoms. The largest absolute Gasteiger partial charge is 0.452 e. The van der Waals surface area contributed by atoms with Gasteiger partial charge in [0.25, 0.3) is 0 Å². The van der Waals surface area contributed by atoms with Gasteiger partial charge in [-0.1, -0.05) is 6.92 Å². The molecular weight excluding hydrogens is 152 g/mol. The van der Waals surface area contributed by atoms with Crippen molar-refractivity contribution in [3.8, 4) is 0 Å². The molecule has 59 valence electrons. The molecule has 0 aliphatic heterocycles. The second kappa shape index (κ2) is 6.77. The van der Waals surface area contributed by atoms with E-state index >= 15 is 0 Å². The van der Waals surface area contributed by atoms with Crippen LogP contribution in [0.25, 0.3) is 0 Å². The van der Waals surface area contributed by atoms with E-state index < -0.39 is 5.30 Å². The van der Waals surface area contributed by atoms with E-state index in [0.29, 0.717) is 13.2 Å². The van der Waals surface area contributed by atoms with E-state index in [1.165, 1.54) is 0 Å². The molecule has 0 rings (SSSR count). The van der Waals surface area contributed by atoms with Crippen molar-refractivity contribution in [3.63, 3.8) is 0 Å². The van der Waals surface area contributed by atoms with Gasteiger partial charge in [-0.2, -0.15) is 0 Å². The average Bonchev–Trinajstić information content (AvgIpc) is 1.87. The Morgan fingerprint density at radius 2 is 2.10 bits per heavy atom. The molecule has 0 aliphatic carbocycles. The fourth-order valence-corrected chi connectivity index (χ4v) is 0.514. The second-order valence-electron chi connectivity index (χ2n) is 1.71. The molecule has 0 aromatic carbocycles. The minimum atomic E-state index is -0.667. The lowest BCUT2D eigenvalue weighted by molar-refractivity contribution is 0.0833. The van der Waals surface area contributed by atoms with Crippen molar-refractivity contribution in [3.05, 3.63) is 0 Å². The highest BCUT2D eigenvalue weighted by Crippen LogP contribution is 1.86. The van der Waals surface area contributed by atoms with Crippen LogP contribution in [0, 0.1) is 0 Å². The Bertz CT molecular complexity index is 95.0. The fraction of sp³-hybridized carbons (Fsp3) is 0.833. The summed E-state index contributed by atoms with van der Waals surface area (Å²) in [5.41, 5.74) is 0.